The topological polar surface area (TPSA) is 75.4 Å². The maximum Gasteiger partial charge on any atom is 0.358 e. The summed E-state index contributed by atoms with van der Waals surface area (Å²) in [6.45, 7) is 2.38. The molecule has 1 heterocycles. The second-order valence-electron chi connectivity index (χ2n) is 3.82. The molecule has 5 nitrogen and oxygen atoms in total. The molecule has 0 bridgehead atoms. The Bertz CT molecular complexity index is 580. The number of carboxylic acid groups (broad SMARTS) is 1. The van der Waals surface area contributed by atoms with Gasteiger partial charge in [-0.3, -0.25) is 0 Å². The Morgan fingerprint density at radius 1 is 1.50 bits per heavy atom. The molecule has 6 heteroatoms. The Balaban J connectivity index is 2.04. The second kappa shape index (κ2) is 5.22. The van der Waals surface area contributed by atoms with Crippen molar-refractivity contribution in [3.05, 3.63) is 45.8 Å². The van der Waals surface area contributed by atoms with E-state index in [1.54, 1.807) is 0 Å². The highest BCUT2D eigenvalue weighted by atomic mass is 79.9. The number of hydrogen-bond acceptors (Lipinski definition) is 4. The van der Waals surface area contributed by atoms with Gasteiger partial charge in [0.25, 0.3) is 0 Å². The molecule has 0 saturated carbocycles. The Morgan fingerprint density at radius 2 is 2.28 bits per heavy atom. The van der Waals surface area contributed by atoms with Crippen molar-refractivity contribution in [1.82, 2.24) is 5.16 Å². The molecule has 0 unspecified atom stereocenters. The summed E-state index contributed by atoms with van der Waals surface area (Å²) in [4.78, 5) is 10.6. The Kier molecular flexibility index (Phi) is 3.66. The minimum Gasteiger partial charge on any atom is -0.476 e. The summed E-state index contributed by atoms with van der Waals surface area (Å²) in [5.41, 5.74) is 1.98. The van der Waals surface area contributed by atoms with E-state index in [9.17, 15) is 4.79 Å². The third-order valence-corrected chi connectivity index (χ3v) is 3.01. The zero-order valence-electron chi connectivity index (χ0n) is 9.61. The Hall–Kier alpha value is -1.82. The summed E-state index contributed by atoms with van der Waals surface area (Å²) in [6, 6.07) is 7.31. The summed E-state index contributed by atoms with van der Waals surface area (Å²) in [7, 11) is 0. The summed E-state index contributed by atoms with van der Waals surface area (Å²) >= 11 is 3.45. The number of benzene rings is 1. The van der Waals surface area contributed by atoms with E-state index in [1.165, 1.54) is 6.07 Å². The van der Waals surface area contributed by atoms with Gasteiger partial charge in [0.05, 0.1) is 6.54 Å². The zero-order chi connectivity index (χ0) is 13.1. The molecular weight excluding hydrogens is 300 g/mol. The number of aromatic carboxylic acids is 1. The number of carboxylic acids is 1. The number of hydrogen-bond donors (Lipinski definition) is 2. The number of aryl methyl sites for hydroxylation is 1. The second-order valence-corrected chi connectivity index (χ2v) is 4.67. The van der Waals surface area contributed by atoms with E-state index in [-0.39, 0.29) is 5.69 Å². The predicted octanol–water partition coefficient (Wildman–Crippen LogP) is 3.06. The lowest BCUT2D eigenvalue weighted by atomic mass is 10.2. The van der Waals surface area contributed by atoms with E-state index >= 15 is 0 Å². The third-order valence-electron chi connectivity index (χ3n) is 2.36. The van der Waals surface area contributed by atoms with Gasteiger partial charge in [-0.05, 0) is 40.5 Å². The molecule has 0 saturated heterocycles. The van der Waals surface area contributed by atoms with Crippen molar-refractivity contribution in [2.75, 3.05) is 5.32 Å². The average molecular weight is 311 g/mol. The summed E-state index contributed by atoms with van der Waals surface area (Å²) in [5, 5.41) is 15.3. The number of anilines is 1. The molecule has 2 rings (SSSR count). The molecule has 0 amide bonds. The fraction of sp³-hybridized carbons (Fsp3) is 0.167. The number of rotatable bonds is 4. The maximum atomic E-state index is 10.6. The van der Waals surface area contributed by atoms with Gasteiger partial charge < -0.3 is 14.9 Å². The molecule has 0 aliphatic heterocycles. The molecule has 0 aliphatic carbocycles. The van der Waals surface area contributed by atoms with E-state index < -0.39 is 5.97 Å². The first-order chi connectivity index (χ1) is 8.56. The van der Waals surface area contributed by atoms with Crippen LogP contribution in [0, 0.1) is 6.92 Å². The number of nitrogens with one attached hydrogen (secondary N) is 1. The average Bonchev–Trinajstić information content (AvgIpc) is 2.76. The van der Waals surface area contributed by atoms with Crippen molar-refractivity contribution >= 4 is 27.6 Å². The van der Waals surface area contributed by atoms with Crippen molar-refractivity contribution in [3.63, 3.8) is 0 Å². The molecule has 94 valence electrons. The van der Waals surface area contributed by atoms with Crippen LogP contribution in [-0.2, 0) is 6.54 Å². The van der Waals surface area contributed by atoms with E-state index in [0.29, 0.717) is 12.3 Å². The van der Waals surface area contributed by atoms with Crippen LogP contribution in [0.5, 0.6) is 0 Å². The summed E-state index contributed by atoms with van der Waals surface area (Å²) < 4.78 is 5.85. The SMILES string of the molecule is Cc1ccc(NCc2cc(C(=O)O)no2)c(Br)c1. The molecule has 1 aromatic carbocycles. The minimum absolute atomic E-state index is 0.0882. The number of nitrogens with zero attached hydrogens (tertiary/aromatic N) is 1. The molecule has 18 heavy (non-hydrogen) atoms. The van der Waals surface area contributed by atoms with Crippen LogP contribution in [0.1, 0.15) is 21.8 Å². The first-order valence-corrected chi connectivity index (χ1v) is 6.04. The lowest BCUT2D eigenvalue weighted by Crippen LogP contribution is -1.99. The van der Waals surface area contributed by atoms with Gasteiger partial charge in [0.15, 0.2) is 11.5 Å². The Morgan fingerprint density at radius 3 is 2.89 bits per heavy atom. The lowest BCUT2D eigenvalue weighted by molar-refractivity contribution is 0.0685. The number of carbonyl (C=O) groups is 1. The first kappa shape index (κ1) is 12.6. The standard InChI is InChI=1S/C12H11BrN2O3/c1-7-2-3-10(9(13)4-7)14-6-8-5-11(12(16)17)15-18-8/h2-5,14H,6H2,1H3,(H,16,17). The highest BCUT2D eigenvalue weighted by Crippen LogP contribution is 2.23. The van der Waals surface area contributed by atoms with Crippen LogP contribution in [0.3, 0.4) is 0 Å². The molecule has 0 spiro atoms. The molecular formula is C12H11BrN2O3. The fourth-order valence-corrected chi connectivity index (χ4v) is 2.08. The maximum absolute atomic E-state index is 10.6. The first-order valence-electron chi connectivity index (χ1n) is 5.25. The third kappa shape index (κ3) is 2.89. The minimum atomic E-state index is -1.10. The molecule has 1 aromatic heterocycles. The van der Waals surface area contributed by atoms with Gasteiger partial charge in [-0.2, -0.15) is 0 Å². The molecule has 0 radical (unpaired) electrons. The van der Waals surface area contributed by atoms with Crippen LogP contribution in [0.4, 0.5) is 5.69 Å². The van der Waals surface area contributed by atoms with Gasteiger partial charge in [-0.25, -0.2) is 4.79 Å². The van der Waals surface area contributed by atoms with E-state index in [2.05, 4.69) is 26.4 Å². The van der Waals surface area contributed by atoms with Crippen LogP contribution in [0.2, 0.25) is 0 Å². The van der Waals surface area contributed by atoms with E-state index in [1.807, 2.05) is 25.1 Å². The van der Waals surface area contributed by atoms with Crippen LogP contribution < -0.4 is 5.32 Å². The van der Waals surface area contributed by atoms with Crippen molar-refractivity contribution < 1.29 is 14.4 Å². The van der Waals surface area contributed by atoms with Crippen molar-refractivity contribution in [2.45, 2.75) is 13.5 Å². The van der Waals surface area contributed by atoms with Gasteiger partial charge in [-0.15, -0.1) is 0 Å². The lowest BCUT2D eigenvalue weighted by Gasteiger charge is -2.07. The van der Waals surface area contributed by atoms with Gasteiger partial charge in [0.1, 0.15) is 0 Å². The van der Waals surface area contributed by atoms with Gasteiger partial charge in [0.2, 0.25) is 0 Å². The van der Waals surface area contributed by atoms with Crippen molar-refractivity contribution in [3.8, 4) is 0 Å². The quantitative estimate of drug-likeness (QED) is 0.907. The summed E-state index contributed by atoms with van der Waals surface area (Å²) in [5.74, 6) is -0.624. The van der Waals surface area contributed by atoms with E-state index in [0.717, 1.165) is 15.7 Å². The zero-order valence-corrected chi connectivity index (χ0v) is 11.2. The van der Waals surface area contributed by atoms with Gasteiger partial charge in [-0.1, -0.05) is 11.2 Å². The predicted molar refractivity (Wildman–Crippen MR) is 69.7 cm³/mol. The van der Waals surface area contributed by atoms with Crippen molar-refractivity contribution in [2.24, 2.45) is 0 Å². The highest BCUT2D eigenvalue weighted by Gasteiger charge is 2.10. The summed E-state index contributed by atoms with van der Waals surface area (Å²) in [6.07, 6.45) is 0. The number of aromatic nitrogens is 1. The molecule has 2 aromatic rings. The van der Waals surface area contributed by atoms with Gasteiger partial charge >= 0.3 is 5.97 Å². The monoisotopic (exact) mass is 310 g/mol. The largest absolute Gasteiger partial charge is 0.476 e. The van der Waals surface area contributed by atoms with E-state index in [4.69, 9.17) is 9.63 Å². The van der Waals surface area contributed by atoms with Gasteiger partial charge in [0, 0.05) is 16.2 Å². The normalized spacial score (nSPS) is 10.3. The molecule has 0 aliphatic rings. The smallest absolute Gasteiger partial charge is 0.358 e. The Labute approximate surface area is 112 Å². The molecule has 0 fully saturated rings. The van der Waals surface area contributed by atoms with Crippen LogP contribution >= 0.6 is 15.9 Å². The fourth-order valence-electron chi connectivity index (χ4n) is 1.44. The number of halogens is 1. The van der Waals surface area contributed by atoms with Crippen molar-refractivity contribution in [1.29, 1.82) is 0 Å². The highest BCUT2D eigenvalue weighted by molar-refractivity contribution is 9.10. The molecule has 0 atom stereocenters. The van der Waals surface area contributed by atoms with Crippen LogP contribution in [0.25, 0.3) is 0 Å². The molecule has 2 N–H and O–H groups in total. The van der Waals surface area contributed by atoms with Crippen LogP contribution in [-0.4, -0.2) is 16.2 Å². The van der Waals surface area contributed by atoms with Crippen LogP contribution in [0.15, 0.2) is 33.3 Å².